The molecule has 6 nitrogen and oxygen atoms in total. The molecule has 1 aromatic carbocycles. The van der Waals surface area contributed by atoms with Crippen molar-refractivity contribution in [1.82, 2.24) is 9.80 Å². The van der Waals surface area contributed by atoms with Crippen molar-refractivity contribution in [3.8, 4) is 5.75 Å². The molecular weight excluding hydrogens is 437 g/mol. The highest BCUT2D eigenvalue weighted by Crippen LogP contribution is 2.36. The normalized spacial score (nSPS) is 25.4. The molecule has 3 fully saturated rings. The second kappa shape index (κ2) is 8.86. The highest BCUT2D eigenvalue weighted by Gasteiger charge is 2.38. The van der Waals surface area contributed by atoms with Gasteiger partial charge in [0.05, 0.1) is 16.7 Å². The number of rotatable bonds is 2. The number of hydrogen-bond acceptors (Lipinski definition) is 4. The molecule has 0 spiro atoms. The lowest BCUT2D eigenvalue weighted by Gasteiger charge is -2.43. The Labute approximate surface area is 183 Å². The molecule has 4 rings (SSSR count). The lowest BCUT2D eigenvalue weighted by Crippen LogP contribution is -2.55. The number of ketones is 1. The molecule has 3 saturated heterocycles. The molecule has 0 radical (unpaired) electrons. The number of hydrogen-bond donors (Lipinski definition) is 0. The van der Waals surface area contributed by atoms with Crippen LogP contribution in [0.5, 0.6) is 5.75 Å². The molecule has 0 bridgehead atoms. The van der Waals surface area contributed by atoms with Crippen LogP contribution in [0.25, 0.3) is 0 Å². The summed E-state index contributed by atoms with van der Waals surface area (Å²) in [6.45, 7) is 2.27. The third-order valence-corrected chi connectivity index (χ3v) is 6.44. The second-order valence-electron chi connectivity index (χ2n) is 8.32. The molecule has 3 aliphatic heterocycles. The van der Waals surface area contributed by atoms with Crippen molar-refractivity contribution in [1.29, 1.82) is 0 Å². The van der Waals surface area contributed by atoms with Crippen LogP contribution >= 0.6 is 11.6 Å². The summed E-state index contributed by atoms with van der Waals surface area (Å²) in [7, 11) is 0. The highest BCUT2D eigenvalue weighted by atomic mass is 35.5. The average molecular weight is 461 g/mol. The first-order chi connectivity index (χ1) is 14.7. The van der Waals surface area contributed by atoms with Gasteiger partial charge in [0.2, 0.25) is 0 Å². The molecule has 3 heterocycles. The molecule has 170 valence electrons. The van der Waals surface area contributed by atoms with E-state index in [1.54, 1.807) is 9.80 Å². The number of alkyl halides is 3. The Hall–Kier alpha value is -2.00. The first kappa shape index (κ1) is 22.2. The van der Waals surface area contributed by atoms with Gasteiger partial charge in [-0.15, -0.1) is 0 Å². The van der Waals surface area contributed by atoms with E-state index in [9.17, 15) is 22.8 Å². The van der Waals surface area contributed by atoms with Crippen LogP contribution in [0, 0.1) is 5.92 Å². The van der Waals surface area contributed by atoms with Crippen LogP contribution in [-0.4, -0.2) is 66.6 Å². The number of carbonyl (C=O) groups excluding carboxylic acids is 2. The summed E-state index contributed by atoms with van der Waals surface area (Å²) in [6, 6.07) is 2.99. The largest absolute Gasteiger partial charge is 0.489 e. The van der Waals surface area contributed by atoms with E-state index >= 15 is 0 Å². The highest BCUT2D eigenvalue weighted by molar-refractivity contribution is 6.32. The lowest BCUT2D eigenvalue weighted by atomic mass is 9.88. The number of piperidine rings is 2. The van der Waals surface area contributed by atoms with Gasteiger partial charge in [-0.2, -0.15) is 13.2 Å². The summed E-state index contributed by atoms with van der Waals surface area (Å²) in [5.74, 6) is 0.348. The number of Topliss-reactive ketones (excluding diaryl/α,β-unsaturated/α-hetero) is 1. The van der Waals surface area contributed by atoms with Gasteiger partial charge in [-0.3, -0.25) is 4.79 Å². The van der Waals surface area contributed by atoms with Gasteiger partial charge in [0.25, 0.3) is 0 Å². The van der Waals surface area contributed by atoms with Crippen molar-refractivity contribution in [3.05, 3.63) is 28.8 Å². The van der Waals surface area contributed by atoms with Gasteiger partial charge in [0, 0.05) is 51.4 Å². The minimum absolute atomic E-state index is 0.0503. The van der Waals surface area contributed by atoms with E-state index in [4.69, 9.17) is 21.1 Å². The first-order valence-corrected chi connectivity index (χ1v) is 10.8. The number of benzene rings is 1. The van der Waals surface area contributed by atoms with Crippen molar-refractivity contribution >= 4 is 23.4 Å². The number of amides is 2. The number of fused-ring (bicyclic) bond motifs is 1. The maximum atomic E-state index is 12.9. The molecule has 2 atom stereocenters. The average Bonchev–Trinajstić information content (AvgIpc) is 2.74. The van der Waals surface area contributed by atoms with E-state index in [2.05, 4.69) is 0 Å². The quantitative estimate of drug-likeness (QED) is 0.669. The van der Waals surface area contributed by atoms with Crippen LogP contribution in [0.1, 0.15) is 31.2 Å². The summed E-state index contributed by atoms with van der Waals surface area (Å²) in [5, 5.41) is -0.0829. The number of ether oxygens (including phenoxy) is 2. The third-order valence-electron chi connectivity index (χ3n) is 6.15. The summed E-state index contributed by atoms with van der Waals surface area (Å²) in [6.07, 6.45) is -2.33. The number of likely N-dealkylation sites (tertiary alicyclic amines) is 2. The van der Waals surface area contributed by atoms with E-state index in [0.29, 0.717) is 45.4 Å². The van der Waals surface area contributed by atoms with Gasteiger partial charge in [0.1, 0.15) is 18.5 Å². The van der Waals surface area contributed by atoms with Crippen molar-refractivity contribution < 1.29 is 32.2 Å². The molecule has 0 saturated carbocycles. The number of halogens is 4. The van der Waals surface area contributed by atoms with E-state index < -0.39 is 11.7 Å². The van der Waals surface area contributed by atoms with Gasteiger partial charge in [0.15, 0.2) is 5.78 Å². The molecule has 3 aliphatic rings. The van der Waals surface area contributed by atoms with Gasteiger partial charge >= 0.3 is 12.2 Å². The van der Waals surface area contributed by atoms with E-state index in [0.717, 1.165) is 18.6 Å². The summed E-state index contributed by atoms with van der Waals surface area (Å²) < 4.78 is 49.7. The minimum Gasteiger partial charge on any atom is -0.489 e. The van der Waals surface area contributed by atoms with Gasteiger partial charge in [-0.05, 0) is 24.6 Å². The van der Waals surface area contributed by atoms with Crippen LogP contribution in [-0.2, 0) is 15.7 Å². The summed E-state index contributed by atoms with van der Waals surface area (Å²) in [4.78, 5) is 28.1. The Bertz CT molecular complexity index is 842. The van der Waals surface area contributed by atoms with Crippen LogP contribution in [0.2, 0.25) is 5.02 Å². The lowest BCUT2D eigenvalue weighted by molar-refractivity contribution is -0.140. The first-order valence-electron chi connectivity index (χ1n) is 10.4. The summed E-state index contributed by atoms with van der Waals surface area (Å²) >= 11 is 5.97. The van der Waals surface area contributed by atoms with Crippen LogP contribution in [0.15, 0.2) is 18.2 Å². The standard InChI is InChI=1S/C21H24ClF3N2O4/c22-17-10-14(21(23,24)25)1-2-19(17)31-16-3-6-26(7-4-16)20(29)27-8-5-18-13(11-27)9-15(28)12-30-18/h1-2,10,13,16,18H,3-9,11-12H2/t13-,18+/m1/s1. The number of urea groups is 1. The number of carbonyl (C=O) groups is 2. The molecule has 10 heteroatoms. The van der Waals surface area contributed by atoms with E-state index in [1.165, 1.54) is 6.07 Å². The molecule has 1 aromatic rings. The topological polar surface area (TPSA) is 59.1 Å². The molecule has 0 N–H and O–H groups in total. The van der Waals surface area contributed by atoms with Crippen LogP contribution in [0.3, 0.4) is 0 Å². The van der Waals surface area contributed by atoms with E-state index in [-0.39, 0.29) is 47.3 Å². The predicted octanol–water partition coefficient (Wildman–Crippen LogP) is 4.00. The fraction of sp³-hybridized carbons (Fsp3) is 0.619. The Morgan fingerprint density at radius 1 is 1.13 bits per heavy atom. The SMILES string of the molecule is O=C1CO[C@H]2CCN(C(=O)N3CCC(Oc4ccc(C(F)(F)F)cc4Cl)CC3)C[C@H]2C1. The molecular formula is C21H24ClF3N2O4. The monoisotopic (exact) mass is 460 g/mol. The Balaban J connectivity index is 1.29. The molecule has 2 amide bonds. The van der Waals surface area contributed by atoms with Gasteiger partial charge in [-0.1, -0.05) is 11.6 Å². The zero-order valence-electron chi connectivity index (χ0n) is 16.9. The molecule has 0 aliphatic carbocycles. The van der Waals surface area contributed by atoms with Crippen molar-refractivity contribution in [2.45, 2.75) is 44.1 Å². The van der Waals surface area contributed by atoms with Crippen LogP contribution < -0.4 is 4.74 Å². The zero-order chi connectivity index (χ0) is 22.2. The smallest absolute Gasteiger partial charge is 0.416 e. The molecule has 0 aromatic heterocycles. The Kier molecular flexibility index (Phi) is 6.35. The Morgan fingerprint density at radius 2 is 1.84 bits per heavy atom. The molecule has 31 heavy (non-hydrogen) atoms. The maximum absolute atomic E-state index is 12.9. The zero-order valence-corrected chi connectivity index (χ0v) is 17.6. The van der Waals surface area contributed by atoms with Crippen molar-refractivity contribution in [3.63, 3.8) is 0 Å². The second-order valence-corrected chi connectivity index (χ2v) is 8.72. The fourth-order valence-corrected chi connectivity index (χ4v) is 4.69. The van der Waals surface area contributed by atoms with Crippen molar-refractivity contribution in [2.75, 3.05) is 32.8 Å². The van der Waals surface area contributed by atoms with Crippen molar-refractivity contribution in [2.24, 2.45) is 5.92 Å². The fourth-order valence-electron chi connectivity index (χ4n) is 4.47. The van der Waals surface area contributed by atoms with Crippen LogP contribution in [0.4, 0.5) is 18.0 Å². The Morgan fingerprint density at radius 3 is 2.52 bits per heavy atom. The van der Waals surface area contributed by atoms with Gasteiger partial charge < -0.3 is 19.3 Å². The third kappa shape index (κ3) is 5.09. The number of nitrogens with zero attached hydrogens (tertiary/aromatic N) is 2. The predicted molar refractivity (Wildman–Crippen MR) is 106 cm³/mol. The maximum Gasteiger partial charge on any atom is 0.416 e. The summed E-state index contributed by atoms with van der Waals surface area (Å²) in [5.41, 5.74) is -0.820. The van der Waals surface area contributed by atoms with E-state index in [1.807, 2.05) is 0 Å². The minimum atomic E-state index is -4.46. The van der Waals surface area contributed by atoms with Gasteiger partial charge in [-0.25, -0.2) is 4.79 Å². The molecule has 0 unspecified atom stereocenters.